The van der Waals surface area contributed by atoms with E-state index in [9.17, 15) is 14.4 Å². The molecule has 1 atom stereocenters. The molecule has 1 aliphatic heterocycles. The number of esters is 1. The standard InChI is InChI=1S/C24H18N2O6/c1-12-4-9-17-16(10-12)21(27)19-20(14-5-7-15(8-6-14)24(29)30-3)26(23(28)22(19)31-17)18-11-13(2)32-25-18/h4-11,20H,1-3H3/t20-/m1/s1. The zero-order valence-corrected chi connectivity index (χ0v) is 17.5. The quantitative estimate of drug-likeness (QED) is 0.454. The number of ether oxygens (including phenoxy) is 1. The summed E-state index contributed by atoms with van der Waals surface area (Å²) in [7, 11) is 1.30. The van der Waals surface area contributed by atoms with Gasteiger partial charge in [-0.2, -0.15) is 0 Å². The summed E-state index contributed by atoms with van der Waals surface area (Å²) in [4.78, 5) is 40.2. The van der Waals surface area contributed by atoms with Crippen LogP contribution in [-0.4, -0.2) is 24.1 Å². The lowest BCUT2D eigenvalue weighted by Crippen LogP contribution is -2.29. The van der Waals surface area contributed by atoms with Gasteiger partial charge in [-0.3, -0.25) is 14.5 Å². The number of nitrogens with zero attached hydrogens (tertiary/aromatic N) is 2. The summed E-state index contributed by atoms with van der Waals surface area (Å²) >= 11 is 0. The minimum absolute atomic E-state index is 0.0333. The van der Waals surface area contributed by atoms with E-state index >= 15 is 0 Å². The highest BCUT2D eigenvalue weighted by atomic mass is 16.5. The summed E-state index contributed by atoms with van der Waals surface area (Å²) in [6, 6.07) is 12.6. The minimum Gasteiger partial charge on any atom is -0.465 e. The van der Waals surface area contributed by atoms with Gasteiger partial charge < -0.3 is 13.7 Å². The molecule has 0 spiro atoms. The van der Waals surface area contributed by atoms with Gasteiger partial charge in [-0.1, -0.05) is 28.9 Å². The third kappa shape index (κ3) is 2.91. The van der Waals surface area contributed by atoms with Gasteiger partial charge in [0.05, 0.1) is 29.7 Å². The number of carbonyl (C=O) groups excluding carboxylic acids is 2. The molecule has 3 heterocycles. The Morgan fingerprint density at radius 3 is 2.47 bits per heavy atom. The second-order valence-corrected chi connectivity index (χ2v) is 7.66. The topological polar surface area (TPSA) is 103 Å². The summed E-state index contributed by atoms with van der Waals surface area (Å²) in [5.41, 5.74) is 2.14. The molecule has 0 unspecified atom stereocenters. The maximum absolute atomic E-state index is 13.5. The summed E-state index contributed by atoms with van der Waals surface area (Å²) in [5.74, 6) is -0.224. The Morgan fingerprint density at radius 2 is 1.81 bits per heavy atom. The Bertz CT molecular complexity index is 1450. The molecule has 0 saturated heterocycles. The van der Waals surface area contributed by atoms with E-state index in [0.717, 1.165) is 5.56 Å². The van der Waals surface area contributed by atoms with Gasteiger partial charge in [0.15, 0.2) is 11.2 Å². The number of amides is 1. The number of anilines is 1. The van der Waals surface area contributed by atoms with Crippen LogP contribution in [0.3, 0.4) is 0 Å². The number of hydrogen-bond donors (Lipinski definition) is 0. The normalized spacial score (nSPS) is 15.3. The zero-order valence-electron chi connectivity index (χ0n) is 17.5. The fraction of sp³-hybridized carbons (Fsp3) is 0.167. The van der Waals surface area contributed by atoms with Crippen LogP contribution < -0.4 is 10.3 Å². The van der Waals surface area contributed by atoms with Gasteiger partial charge in [0, 0.05) is 6.07 Å². The average molecular weight is 430 g/mol. The number of rotatable bonds is 3. The van der Waals surface area contributed by atoms with Crippen LogP contribution in [0.15, 0.2) is 62.3 Å². The molecule has 0 bridgehead atoms. The fourth-order valence-corrected chi connectivity index (χ4v) is 4.02. The van der Waals surface area contributed by atoms with Crippen molar-refractivity contribution in [3.8, 4) is 0 Å². The number of benzene rings is 2. The molecule has 0 N–H and O–H groups in total. The van der Waals surface area contributed by atoms with E-state index in [-0.39, 0.29) is 22.6 Å². The molecule has 2 aromatic carbocycles. The predicted octanol–water partition coefficient (Wildman–Crippen LogP) is 3.93. The van der Waals surface area contributed by atoms with E-state index in [2.05, 4.69) is 5.16 Å². The molecule has 0 radical (unpaired) electrons. The number of fused-ring (bicyclic) bond motifs is 2. The molecule has 0 fully saturated rings. The van der Waals surface area contributed by atoms with E-state index in [1.165, 1.54) is 12.0 Å². The number of carbonyl (C=O) groups is 2. The second-order valence-electron chi connectivity index (χ2n) is 7.66. The highest BCUT2D eigenvalue weighted by molar-refractivity contribution is 6.10. The third-order valence-electron chi connectivity index (χ3n) is 5.54. The Labute approximate surface area is 182 Å². The van der Waals surface area contributed by atoms with Crippen LogP contribution in [0.2, 0.25) is 0 Å². The monoisotopic (exact) mass is 430 g/mol. The van der Waals surface area contributed by atoms with E-state index in [1.54, 1.807) is 49.4 Å². The lowest BCUT2D eigenvalue weighted by Gasteiger charge is -2.22. The lowest BCUT2D eigenvalue weighted by molar-refractivity contribution is 0.0600. The molecule has 0 aliphatic carbocycles. The van der Waals surface area contributed by atoms with E-state index in [1.807, 2.05) is 13.0 Å². The van der Waals surface area contributed by atoms with Gasteiger partial charge in [-0.15, -0.1) is 0 Å². The van der Waals surface area contributed by atoms with Gasteiger partial charge in [0.1, 0.15) is 11.3 Å². The first-order valence-corrected chi connectivity index (χ1v) is 9.91. The van der Waals surface area contributed by atoms with Crippen LogP contribution in [0.1, 0.15) is 49.4 Å². The second kappa shape index (κ2) is 7.19. The van der Waals surface area contributed by atoms with Crippen molar-refractivity contribution in [1.82, 2.24) is 5.16 Å². The van der Waals surface area contributed by atoms with Gasteiger partial charge in [0.2, 0.25) is 5.76 Å². The predicted molar refractivity (Wildman–Crippen MR) is 115 cm³/mol. The molecular formula is C24H18N2O6. The molecule has 0 saturated carbocycles. The van der Waals surface area contributed by atoms with Crippen LogP contribution in [0.4, 0.5) is 5.82 Å². The average Bonchev–Trinajstić information content (AvgIpc) is 3.35. The maximum atomic E-state index is 13.5. The molecule has 8 nitrogen and oxygen atoms in total. The summed E-state index contributed by atoms with van der Waals surface area (Å²) in [6.07, 6.45) is 0. The first kappa shape index (κ1) is 19.7. The van der Waals surface area contributed by atoms with Crippen molar-refractivity contribution in [3.05, 3.63) is 92.5 Å². The Morgan fingerprint density at radius 1 is 1.06 bits per heavy atom. The Kier molecular flexibility index (Phi) is 4.44. The molecule has 1 amide bonds. The smallest absolute Gasteiger partial charge is 0.337 e. The van der Waals surface area contributed by atoms with E-state index in [4.69, 9.17) is 13.7 Å². The molecule has 1 aliphatic rings. The number of aromatic nitrogens is 1. The largest absolute Gasteiger partial charge is 0.465 e. The first-order chi connectivity index (χ1) is 15.4. The summed E-state index contributed by atoms with van der Waals surface area (Å²) < 4.78 is 15.9. The molecule has 160 valence electrons. The van der Waals surface area contributed by atoms with E-state index in [0.29, 0.717) is 27.9 Å². The fourth-order valence-electron chi connectivity index (χ4n) is 4.02. The van der Waals surface area contributed by atoms with Gasteiger partial charge in [-0.05, 0) is 43.7 Å². The molecule has 32 heavy (non-hydrogen) atoms. The zero-order chi connectivity index (χ0) is 22.6. The molecule has 2 aromatic heterocycles. The Hall–Kier alpha value is -4.20. The highest BCUT2D eigenvalue weighted by Gasteiger charge is 2.44. The lowest BCUT2D eigenvalue weighted by atomic mass is 9.97. The molecule has 4 aromatic rings. The van der Waals surface area contributed by atoms with Gasteiger partial charge >= 0.3 is 5.97 Å². The van der Waals surface area contributed by atoms with Crippen LogP contribution in [0, 0.1) is 13.8 Å². The third-order valence-corrected chi connectivity index (χ3v) is 5.54. The number of methoxy groups -OCH3 is 1. The Balaban J connectivity index is 1.76. The van der Waals surface area contributed by atoms with E-state index < -0.39 is 17.9 Å². The first-order valence-electron chi connectivity index (χ1n) is 9.91. The SMILES string of the molecule is COC(=O)c1ccc([C@@H]2c3c(oc4ccc(C)cc4c3=O)C(=O)N2c2cc(C)on2)cc1. The van der Waals surface area contributed by atoms with Gasteiger partial charge in [0.25, 0.3) is 5.91 Å². The highest BCUT2D eigenvalue weighted by Crippen LogP contribution is 2.41. The van der Waals surface area contributed by atoms with Crippen molar-refractivity contribution in [3.63, 3.8) is 0 Å². The van der Waals surface area contributed by atoms with Crippen molar-refractivity contribution in [2.75, 3.05) is 12.0 Å². The molecule has 8 heteroatoms. The van der Waals surface area contributed by atoms with Crippen molar-refractivity contribution < 1.29 is 23.3 Å². The summed E-state index contributed by atoms with van der Waals surface area (Å²) in [5, 5.41) is 4.39. The van der Waals surface area contributed by atoms with Crippen LogP contribution in [-0.2, 0) is 4.74 Å². The van der Waals surface area contributed by atoms with Crippen LogP contribution >= 0.6 is 0 Å². The maximum Gasteiger partial charge on any atom is 0.337 e. The van der Waals surface area contributed by atoms with Crippen LogP contribution in [0.5, 0.6) is 0 Å². The number of hydrogen-bond acceptors (Lipinski definition) is 7. The van der Waals surface area contributed by atoms with Crippen molar-refractivity contribution in [2.45, 2.75) is 19.9 Å². The molecular weight excluding hydrogens is 412 g/mol. The van der Waals surface area contributed by atoms with Crippen molar-refractivity contribution in [2.24, 2.45) is 0 Å². The number of aryl methyl sites for hydroxylation is 2. The van der Waals surface area contributed by atoms with Crippen molar-refractivity contribution in [1.29, 1.82) is 0 Å². The van der Waals surface area contributed by atoms with Crippen LogP contribution in [0.25, 0.3) is 11.0 Å². The van der Waals surface area contributed by atoms with Crippen molar-refractivity contribution >= 4 is 28.7 Å². The minimum atomic E-state index is -0.796. The van der Waals surface area contributed by atoms with Gasteiger partial charge in [-0.25, -0.2) is 4.79 Å². The molecule has 5 rings (SSSR count). The summed E-state index contributed by atoms with van der Waals surface area (Å²) in [6.45, 7) is 3.59.